The number of hydrogen-bond acceptors (Lipinski definition) is 4. The second-order valence-electron chi connectivity index (χ2n) is 3.81. The average molecular weight is 238 g/mol. The molecule has 0 amide bonds. The molecule has 0 heterocycles. The first-order valence-corrected chi connectivity index (χ1v) is 5.43. The van der Waals surface area contributed by atoms with E-state index >= 15 is 0 Å². The summed E-state index contributed by atoms with van der Waals surface area (Å²) in [5.74, 6) is 1.07. The Morgan fingerprint density at radius 2 is 1.88 bits per heavy atom. The summed E-state index contributed by atoms with van der Waals surface area (Å²) in [6.45, 7) is 3.63. The van der Waals surface area contributed by atoms with Gasteiger partial charge in [-0.2, -0.15) is 0 Å². The molecular formula is C13H18O4. The van der Waals surface area contributed by atoms with Gasteiger partial charge in [-0.1, -0.05) is 0 Å². The average Bonchev–Trinajstić information content (AvgIpc) is 2.32. The lowest BCUT2D eigenvalue weighted by Gasteiger charge is -2.15. The molecule has 0 aromatic heterocycles. The van der Waals surface area contributed by atoms with E-state index in [1.165, 1.54) is 7.11 Å². The molecule has 1 aromatic rings. The first kappa shape index (κ1) is 13.5. The molecule has 0 radical (unpaired) electrons. The molecule has 0 atom stereocenters. The van der Waals surface area contributed by atoms with E-state index in [2.05, 4.69) is 0 Å². The number of ketones is 1. The first-order chi connectivity index (χ1) is 8.06. The molecule has 1 rings (SSSR count). The van der Waals surface area contributed by atoms with E-state index < -0.39 is 0 Å². The highest BCUT2D eigenvalue weighted by Crippen LogP contribution is 2.33. The van der Waals surface area contributed by atoms with Crippen LogP contribution in [0.2, 0.25) is 0 Å². The van der Waals surface area contributed by atoms with Crippen LogP contribution in [0.5, 0.6) is 11.5 Å². The molecule has 1 aromatic carbocycles. The monoisotopic (exact) mass is 238 g/mol. The quantitative estimate of drug-likeness (QED) is 0.796. The lowest BCUT2D eigenvalue weighted by Crippen LogP contribution is -2.07. The van der Waals surface area contributed by atoms with E-state index in [-0.39, 0.29) is 18.8 Å². The number of rotatable bonds is 5. The van der Waals surface area contributed by atoms with E-state index in [9.17, 15) is 4.79 Å². The fraction of sp³-hybridized carbons (Fsp3) is 0.462. The Kier molecular flexibility index (Phi) is 4.52. The van der Waals surface area contributed by atoms with E-state index in [0.29, 0.717) is 17.1 Å². The van der Waals surface area contributed by atoms with E-state index in [0.717, 1.165) is 11.1 Å². The third-order valence-electron chi connectivity index (χ3n) is 2.86. The molecule has 0 bridgehead atoms. The predicted molar refractivity (Wildman–Crippen MR) is 65.1 cm³/mol. The summed E-state index contributed by atoms with van der Waals surface area (Å²) in [4.78, 5) is 11.9. The standard InChI is InChI=1S/C13H18O4/c1-8-9(2)13(17-4)10(7-12(8)16-3)11(15)5-6-14/h7,14H,5-6H2,1-4H3. The fourth-order valence-electron chi connectivity index (χ4n) is 1.78. The van der Waals surface area contributed by atoms with Crippen molar-refractivity contribution in [1.82, 2.24) is 0 Å². The largest absolute Gasteiger partial charge is 0.496 e. The van der Waals surface area contributed by atoms with Crippen molar-refractivity contribution < 1.29 is 19.4 Å². The SMILES string of the molecule is COc1cc(C(=O)CCO)c(OC)c(C)c1C. The van der Waals surface area contributed by atoms with Crippen molar-refractivity contribution >= 4 is 5.78 Å². The highest BCUT2D eigenvalue weighted by atomic mass is 16.5. The van der Waals surface area contributed by atoms with E-state index in [1.54, 1.807) is 13.2 Å². The lowest BCUT2D eigenvalue weighted by atomic mass is 9.99. The van der Waals surface area contributed by atoms with Crippen LogP contribution in [0.15, 0.2) is 6.07 Å². The number of aliphatic hydroxyl groups excluding tert-OH is 1. The number of benzene rings is 1. The smallest absolute Gasteiger partial charge is 0.169 e. The molecule has 0 spiro atoms. The van der Waals surface area contributed by atoms with Crippen LogP contribution in [-0.2, 0) is 0 Å². The Labute approximate surface area is 101 Å². The topological polar surface area (TPSA) is 55.8 Å². The van der Waals surface area contributed by atoms with Gasteiger partial charge in [0.2, 0.25) is 0 Å². The Hall–Kier alpha value is -1.55. The highest BCUT2D eigenvalue weighted by molar-refractivity contribution is 5.99. The van der Waals surface area contributed by atoms with Gasteiger partial charge in [0.1, 0.15) is 11.5 Å². The molecule has 94 valence electrons. The van der Waals surface area contributed by atoms with Crippen molar-refractivity contribution in [3.05, 3.63) is 22.8 Å². The second-order valence-corrected chi connectivity index (χ2v) is 3.81. The minimum Gasteiger partial charge on any atom is -0.496 e. The van der Waals surface area contributed by atoms with Gasteiger partial charge in [0.05, 0.1) is 26.4 Å². The lowest BCUT2D eigenvalue weighted by molar-refractivity contribution is 0.0953. The molecule has 4 heteroatoms. The van der Waals surface area contributed by atoms with Crippen LogP contribution in [0, 0.1) is 13.8 Å². The minimum absolute atomic E-state index is 0.0853. The van der Waals surface area contributed by atoms with Gasteiger partial charge >= 0.3 is 0 Å². The van der Waals surface area contributed by atoms with Crippen LogP contribution in [0.25, 0.3) is 0 Å². The maximum atomic E-state index is 11.9. The van der Waals surface area contributed by atoms with Crippen molar-refractivity contribution in [2.75, 3.05) is 20.8 Å². The molecular weight excluding hydrogens is 220 g/mol. The third kappa shape index (κ3) is 2.58. The number of methoxy groups -OCH3 is 2. The molecule has 0 aliphatic rings. The van der Waals surface area contributed by atoms with Gasteiger partial charge in [0.15, 0.2) is 5.78 Å². The van der Waals surface area contributed by atoms with Crippen molar-refractivity contribution in [2.24, 2.45) is 0 Å². The van der Waals surface area contributed by atoms with Gasteiger partial charge in [-0.05, 0) is 31.0 Å². The normalized spacial score (nSPS) is 10.2. The molecule has 1 N–H and O–H groups in total. The molecule has 0 saturated heterocycles. The maximum absolute atomic E-state index is 11.9. The number of hydrogen-bond donors (Lipinski definition) is 1. The summed E-state index contributed by atoms with van der Waals surface area (Å²) >= 11 is 0. The van der Waals surface area contributed by atoms with Crippen LogP contribution >= 0.6 is 0 Å². The summed E-state index contributed by atoms with van der Waals surface area (Å²) < 4.78 is 10.5. The molecule has 0 saturated carbocycles. The fourth-order valence-corrected chi connectivity index (χ4v) is 1.78. The van der Waals surface area contributed by atoms with Gasteiger partial charge < -0.3 is 14.6 Å². The highest BCUT2D eigenvalue weighted by Gasteiger charge is 2.18. The van der Waals surface area contributed by atoms with Crippen molar-refractivity contribution in [3.8, 4) is 11.5 Å². The summed E-state index contributed by atoms with van der Waals surface area (Å²) in [7, 11) is 3.10. The summed E-state index contributed by atoms with van der Waals surface area (Å²) in [5.41, 5.74) is 2.29. The number of carbonyl (C=O) groups is 1. The van der Waals surface area contributed by atoms with Gasteiger partial charge in [-0.3, -0.25) is 4.79 Å². The van der Waals surface area contributed by atoms with E-state index in [4.69, 9.17) is 14.6 Å². The van der Waals surface area contributed by atoms with Crippen LogP contribution in [0.4, 0.5) is 0 Å². The molecule has 0 aliphatic carbocycles. The van der Waals surface area contributed by atoms with Crippen molar-refractivity contribution in [2.45, 2.75) is 20.3 Å². The zero-order valence-corrected chi connectivity index (χ0v) is 10.7. The van der Waals surface area contributed by atoms with Gasteiger partial charge in [-0.15, -0.1) is 0 Å². The Balaban J connectivity index is 3.37. The Morgan fingerprint density at radius 1 is 1.24 bits per heavy atom. The Bertz CT molecular complexity index is 424. The molecule has 17 heavy (non-hydrogen) atoms. The van der Waals surface area contributed by atoms with Gasteiger partial charge in [0, 0.05) is 6.42 Å². The van der Waals surface area contributed by atoms with Crippen molar-refractivity contribution in [1.29, 1.82) is 0 Å². The summed E-state index contributed by atoms with van der Waals surface area (Å²) in [5, 5.41) is 8.82. The second kappa shape index (κ2) is 5.68. The molecule has 0 aliphatic heterocycles. The number of ether oxygens (including phenoxy) is 2. The van der Waals surface area contributed by atoms with Crippen LogP contribution in [0.1, 0.15) is 27.9 Å². The first-order valence-electron chi connectivity index (χ1n) is 5.43. The van der Waals surface area contributed by atoms with Crippen LogP contribution in [-0.4, -0.2) is 31.7 Å². The van der Waals surface area contributed by atoms with Crippen LogP contribution in [0.3, 0.4) is 0 Å². The van der Waals surface area contributed by atoms with Crippen molar-refractivity contribution in [3.63, 3.8) is 0 Å². The zero-order valence-electron chi connectivity index (χ0n) is 10.7. The maximum Gasteiger partial charge on any atom is 0.169 e. The number of carbonyl (C=O) groups excluding carboxylic acids is 1. The third-order valence-corrected chi connectivity index (χ3v) is 2.86. The van der Waals surface area contributed by atoms with E-state index in [1.807, 2.05) is 13.8 Å². The van der Waals surface area contributed by atoms with Gasteiger partial charge in [-0.25, -0.2) is 0 Å². The molecule has 4 nitrogen and oxygen atoms in total. The summed E-state index contributed by atoms with van der Waals surface area (Å²) in [6.07, 6.45) is 0.0853. The molecule has 0 fully saturated rings. The Morgan fingerprint density at radius 3 is 2.35 bits per heavy atom. The minimum atomic E-state index is -0.169. The van der Waals surface area contributed by atoms with Gasteiger partial charge in [0.25, 0.3) is 0 Å². The number of Topliss-reactive ketones (excluding diaryl/α,β-unsaturated/α-hetero) is 1. The summed E-state index contributed by atoms with van der Waals surface area (Å²) in [6, 6.07) is 1.67. The van der Waals surface area contributed by atoms with Crippen LogP contribution < -0.4 is 9.47 Å². The predicted octanol–water partition coefficient (Wildman–Crippen LogP) is 1.89. The zero-order chi connectivity index (χ0) is 13.0. The number of aliphatic hydroxyl groups is 1. The molecule has 0 unspecified atom stereocenters.